The van der Waals surface area contributed by atoms with Crippen LogP contribution in [0.2, 0.25) is 18.1 Å². The van der Waals surface area contributed by atoms with Gasteiger partial charge in [0, 0.05) is 25.7 Å². The van der Waals surface area contributed by atoms with Crippen LogP contribution < -0.4 is 5.73 Å². The summed E-state index contributed by atoms with van der Waals surface area (Å²) in [5, 5.41) is 0. The van der Waals surface area contributed by atoms with E-state index in [0.717, 1.165) is 26.1 Å². The zero-order valence-corrected chi connectivity index (χ0v) is 15.9. The Balaban J connectivity index is 4.86. The van der Waals surface area contributed by atoms with Gasteiger partial charge in [0.1, 0.15) is 8.24 Å². The number of nitrogens with zero attached hydrogens (tertiary/aromatic N) is 2. The second-order valence-corrected chi connectivity index (χ2v) is 11.1. The topological polar surface area (TPSA) is 32.5 Å². The first-order chi connectivity index (χ1) is 9.53. The van der Waals surface area contributed by atoms with Gasteiger partial charge in [0.25, 0.3) is 0 Å². The van der Waals surface area contributed by atoms with Crippen LogP contribution in [0.4, 0.5) is 0 Å². The molecule has 0 amide bonds. The Morgan fingerprint density at radius 2 is 1.35 bits per heavy atom. The highest BCUT2D eigenvalue weighted by Gasteiger charge is 2.34. The summed E-state index contributed by atoms with van der Waals surface area (Å²) in [5.74, 6) is 0. The van der Waals surface area contributed by atoms with Crippen molar-refractivity contribution in [3.05, 3.63) is 0 Å². The van der Waals surface area contributed by atoms with Gasteiger partial charge in [-0.05, 0) is 37.6 Å². The van der Waals surface area contributed by atoms with Crippen LogP contribution in [0.3, 0.4) is 0 Å². The normalized spacial score (nSPS) is 14.2. The van der Waals surface area contributed by atoms with E-state index in [1.54, 1.807) is 0 Å². The smallest absolute Gasteiger partial charge is 0.127 e. The number of hydrogen-bond donors (Lipinski definition) is 1. The second-order valence-electron chi connectivity index (χ2n) is 5.93. The Labute approximate surface area is 129 Å². The molecule has 0 spiro atoms. The van der Waals surface area contributed by atoms with Crippen LogP contribution in [0.25, 0.3) is 0 Å². The molecule has 0 rings (SSSR count). The van der Waals surface area contributed by atoms with Crippen molar-refractivity contribution in [2.24, 2.45) is 5.73 Å². The first kappa shape index (κ1) is 20.1. The molecule has 0 heterocycles. The first-order valence-electron chi connectivity index (χ1n) is 8.76. The predicted molar refractivity (Wildman–Crippen MR) is 94.8 cm³/mol. The number of rotatable bonds is 12. The Kier molecular flexibility index (Phi) is 10.8. The minimum atomic E-state index is -1.29. The van der Waals surface area contributed by atoms with Crippen molar-refractivity contribution in [1.29, 1.82) is 0 Å². The maximum absolute atomic E-state index is 6.27. The third-order valence-electron chi connectivity index (χ3n) is 5.21. The van der Waals surface area contributed by atoms with E-state index >= 15 is 0 Å². The van der Waals surface area contributed by atoms with Gasteiger partial charge in [-0.1, -0.05) is 41.5 Å². The molecule has 0 radical (unpaired) electrons. The fourth-order valence-corrected chi connectivity index (χ4v) is 7.19. The lowest BCUT2D eigenvalue weighted by Gasteiger charge is -2.43. The van der Waals surface area contributed by atoms with Crippen molar-refractivity contribution in [3.8, 4) is 0 Å². The zero-order valence-electron chi connectivity index (χ0n) is 14.9. The van der Waals surface area contributed by atoms with E-state index in [1.165, 1.54) is 31.2 Å². The maximum Gasteiger partial charge on any atom is 0.127 e. The molecule has 2 N–H and O–H groups in total. The maximum atomic E-state index is 6.27. The van der Waals surface area contributed by atoms with Crippen LogP contribution in [0.1, 0.15) is 48.0 Å². The third-order valence-corrected chi connectivity index (χ3v) is 10.9. The Morgan fingerprint density at radius 3 is 1.70 bits per heavy atom. The van der Waals surface area contributed by atoms with Crippen LogP contribution in [-0.2, 0) is 0 Å². The summed E-state index contributed by atoms with van der Waals surface area (Å²) in [6.45, 7) is 19.7. The lowest BCUT2D eigenvalue weighted by atomic mass is 10.2. The summed E-state index contributed by atoms with van der Waals surface area (Å²) >= 11 is 0. The summed E-state index contributed by atoms with van der Waals surface area (Å²) in [5.41, 5.74) is 6.27. The number of hydrogen-bond acceptors (Lipinski definition) is 3. The average molecular weight is 302 g/mol. The molecule has 4 heteroatoms. The molecule has 0 aliphatic carbocycles. The van der Waals surface area contributed by atoms with E-state index in [9.17, 15) is 0 Å². The third kappa shape index (κ3) is 5.84. The van der Waals surface area contributed by atoms with Crippen molar-refractivity contribution in [1.82, 2.24) is 9.47 Å². The van der Waals surface area contributed by atoms with Crippen LogP contribution >= 0.6 is 0 Å². The zero-order chi connectivity index (χ0) is 15.6. The SMILES string of the molecule is CCC(N)CN(CCN(CC)CC)[Si](CC)(CC)CC. The molecular formula is C16H39N3Si. The van der Waals surface area contributed by atoms with Gasteiger partial charge in [-0.3, -0.25) is 0 Å². The standard InChI is InChI=1S/C16H39N3Si/c1-7-16(17)15-19(14-13-18(8-2)9-3)20(10-4,11-5)12-6/h16H,7-15,17H2,1-6H3. The number of likely N-dealkylation sites (N-methyl/N-ethyl adjacent to an activating group) is 1. The van der Waals surface area contributed by atoms with E-state index in [1.807, 2.05) is 0 Å². The molecule has 0 aromatic carbocycles. The summed E-state index contributed by atoms with van der Waals surface area (Å²) in [7, 11) is -1.29. The van der Waals surface area contributed by atoms with Crippen LogP contribution in [0, 0.1) is 0 Å². The molecule has 122 valence electrons. The molecule has 0 fully saturated rings. The summed E-state index contributed by atoms with van der Waals surface area (Å²) in [6.07, 6.45) is 1.09. The largest absolute Gasteiger partial charge is 0.327 e. The molecule has 0 bridgehead atoms. The minimum absolute atomic E-state index is 0.336. The summed E-state index contributed by atoms with van der Waals surface area (Å²) in [4.78, 5) is 2.53. The number of nitrogens with two attached hydrogens (primary N) is 1. The second kappa shape index (κ2) is 10.8. The lowest BCUT2D eigenvalue weighted by molar-refractivity contribution is 0.260. The van der Waals surface area contributed by atoms with E-state index in [0.29, 0.717) is 6.04 Å². The molecule has 0 aromatic heterocycles. The molecular weight excluding hydrogens is 262 g/mol. The van der Waals surface area contributed by atoms with Crippen molar-refractivity contribution in [2.75, 3.05) is 32.7 Å². The predicted octanol–water partition coefficient (Wildman–Crippen LogP) is 3.37. The van der Waals surface area contributed by atoms with Crippen LogP contribution in [-0.4, -0.2) is 56.5 Å². The minimum Gasteiger partial charge on any atom is -0.327 e. The molecule has 0 aliphatic rings. The molecule has 0 saturated carbocycles. The molecule has 0 aromatic rings. The van der Waals surface area contributed by atoms with E-state index in [-0.39, 0.29) is 0 Å². The molecule has 3 nitrogen and oxygen atoms in total. The van der Waals surface area contributed by atoms with Gasteiger partial charge < -0.3 is 15.2 Å². The average Bonchev–Trinajstić information content (AvgIpc) is 2.49. The fraction of sp³-hybridized carbons (Fsp3) is 1.00. The Morgan fingerprint density at radius 1 is 0.850 bits per heavy atom. The van der Waals surface area contributed by atoms with Gasteiger partial charge in [-0.25, -0.2) is 0 Å². The van der Waals surface area contributed by atoms with Crippen LogP contribution in [0.5, 0.6) is 0 Å². The van der Waals surface area contributed by atoms with E-state index in [2.05, 4.69) is 51.0 Å². The monoisotopic (exact) mass is 301 g/mol. The van der Waals surface area contributed by atoms with E-state index < -0.39 is 8.24 Å². The van der Waals surface area contributed by atoms with E-state index in [4.69, 9.17) is 5.73 Å². The van der Waals surface area contributed by atoms with Gasteiger partial charge in [0.2, 0.25) is 0 Å². The molecule has 1 atom stereocenters. The van der Waals surface area contributed by atoms with Gasteiger partial charge in [0.05, 0.1) is 0 Å². The van der Waals surface area contributed by atoms with Crippen molar-refractivity contribution in [3.63, 3.8) is 0 Å². The fourth-order valence-electron chi connectivity index (χ4n) is 3.16. The van der Waals surface area contributed by atoms with Gasteiger partial charge >= 0.3 is 0 Å². The highest BCUT2D eigenvalue weighted by Crippen LogP contribution is 2.25. The van der Waals surface area contributed by atoms with Gasteiger partial charge in [-0.2, -0.15) is 0 Å². The molecule has 0 saturated heterocycles. The summed E-state index contributed by atoms with van der Waals surface area (Å²) in [6, 6.07) is 4.40. The van der Waals surface area contributed by atoms with Crippen molar-refractivity contribution < 1.29 is 0 Å². The van der Waals surface area contributed by atoms with Crippen LogP contribution in [0.15, 0.2) is 0 Å². The van der Waals surface area contributed by atoms with Gasteiger partial charge in [0.15, 0.2) is 0 Å². The van der Waals surface area contributed by atoms with Crippen molar-refractivity contribution >= 4 is 8.24 Å². The quantitative estimate of drug-likeness (QED) is 0.561. The Bertz CT molecular complexity index is 219. The highest BCUT2D eigenvalue weighted by atomic mass is 28.3. The van der Waals surface area contributed by atoms with Crippen molar-refractivity contribution in [2.45, 2.75) is 72.1 Å². The first-order valence-corrected chi connectivity index (χ1v) is 11.3. The molecule has 0 aliphatic heterocycles. The Hall–Kier alpha value is 0.0969. The lowest BCUT2D eigenvalue weighted by Crippen LogP contribution is -2.57. The highest BCUT2D eigenvalue weighted by molar-refractivity contribution is 6.77. The molecule has 20 heavy (non-hydrogen) atoms. The summed E-state index contributed by atoms with van der Waals surface area (Å²) < 4.78 is 2.82. The van der Waals surface area contributed by atoms with Gasteiger partial charge in [-0.15, -0.1) is 0 Å². The molecule has 1 unspecified atom stereocenters.